The standard InChI is InChI=1S/C10H21NO/c1-9(11-2)7-8-12-10-5-3-4-6-10/h9-11H,3-8H2,1-2H3. The van der Waals surface area contributed by atoms with Gasteiger partial charge in [-0.1, -0.05) is 12.8 Å². The zero-order valence-corrected chi connectivity index (χ0v) is 8.31. The van der Waals surface area contributed by atoms with Gasteiger partial charge in [-0.3, -0.25) is 0 Å². The lowest BCUT2D eigenvalue weighted by Gasteiger charge is -2.13. The molecule has 0 aromatic carbocycles. The molecule has 1 aliphatic carbocycles. The summed E-state index contributed by atoms with van der Waals surface area (Å²) in [5.74, 6) is 0. The van der Waals surface area contributed by atoms with Crippen LogP contribution in [0.15, 0.2) is 0 Å². The molecule has 0 aliphatic heterocycles. The number of ether oxygens (including phenoxy) is 1. The fourth-order valence-corrected chi connectivity index (χ4v) is 1.61. The van der Waals surface area contributed by atoms with Crippen molar-refractivity contribution >= 4 is 0 Å². The summed E-state index contributed by atoms with van der Waals surface area (Å²) in [5.41, 5.74) is 0. The second-order valence-corrected chi connectivity index (χ2v) is 3.76. The zero-order chi connectivity index (χ0) is 8.81. The van der Waals surface area contributed by atoms with E-state index < -0.39 is 0 Å². The minimum Gasteiger partial charge on any atom is -0.378 e. The molecule has 0 bridgehead atoms. The Morgan fingerprint density at radius 3 is 2.67 bits per heavy atom. The summed E-state index contributed by atoms with van der Waals surface area (Å²) in [6, 6.07) is 0.589. The molecular formula is C10H21NO. The molecule has 0 saturated heterocycles. The Morgan fingerprint density at radius 2 is 2.08 bits per heavy atom. The van der Waals surface area contributed by atoms with Gasteiger partial charge >= 0.3 is 0 Å². The van der Waals surface area contributed by atoms with Crippen molar-refractivity contribution in [3.05, 3.63) is 0 Å². The average molecular weight is 171 g/mol. The quantitative estimate of drug-likeness (QED) is 0.682. The molecule has 1 saturated carbocycles. The van der Waals surface area contributed by atoms with Crippen LogP contribution in [0.5, 0.6) is 0 Å². The predicted octanol–water partition coefficient (Wildman–Crippen LogP) is 1.94. The highest BCUT2D eigenvalue weighted by Crippen LogP contribution is 2.20. The first kappa shape index (κ1) is 10.0. The molecule has 2 heteroatoms. The van der Waals surface area contributed by atoms with Gasteiger partial charge in [-0.15, -0.1) is 0 Å². The number of hydrogen-bond donors (Lipinski definition) is 1. The topological polar surface area (TPSA) is 21.3 Å². The smallest absolute Gasteiger partial charge is 0.0575 e. The molecule has 1 unspecified atom stereocenters. The molecule has 0 radical (unpaired) electrons. The highest BCUT2D eigenvalue weighted by atomic mass is 16.5. The van der Waals surface area contributed by atoms with Gasteiger partial charge < -0.3 is 10.1 Å². The van der Waals surface area contributed by atoms with E-state index >= 15 is 0 Å². The first-order valence-electron chi connectivity index (χ1n) is 5.12. The summed E-state index contributed by atoms with van der Waals surface area (Å²) >= 11 is 0. The van der Waals surface area contributed by atoms with E-state index in [0.29, 0.717) is 12.1 Å². The van der Waals surface area contributed by atoms with E-state index in [2.05, 4.69) is 12.2 Å². The van der Waals surface area contributed by atoms with E-state index in [1.165, 1.54) is 25.7 Å². The second-order valence-electron chi connectivity index (χ2n) is 3.76. The van der Waals surface area contributed by atoms with Gasteiger partial charge in [0.25, 0.3) is 0 Å². The SMILES string of the molecule is CNC(C)CCOC1CCCC1. The fraction of sp³-hybridized carbons (Fsp3) is 1.00. The Bertz CT molecular complexity index is 110. The highest BCUT2D eigenvalue weighted by Gasteiger charge is 2.14. The summed E-state index contributed by atoms with van der Waals surface area (Å²) in [6.45, 7) is 3.12. The molecule has 0 heterocycles. The molecule has 1 atom stereocenters. The van der Waals surface area contributed by atoms with Crippen LogP contribution in [-0.2, 0) is 4.74 Å². The lowest BCUT2D eigenvalue weighted by molar-refractivity contribution is 0.0533. The van der Waals surface area contributed by atoms with Crippen molar-refractivity contribution in [2.24, 2.45) is 0 Å². The number of hydrogen-bond acceptors (Lipinski definition) is 2. The minimum atomic E-state index is 0.578. The molecule has 72 valence electrons. The maximum Gasteiger partial charge on any atom is 0.0575 e. The summed E-state index contributed by atoms with van der Waals surface area (Å²) < 4.78 is 5.74. The molecule has 0 aromatic heterocycles. The van der Waals surface area contributed by atoms with Crippen molar-refractivity contribution in [1.29, 1.82) is 0 Å². The van der Waals surface area contributed by atoms with Crippen LogP contribution < -0.4 is 5.32 Å². The Kier molecular flexibility index (Phi) is 4.62. The van der Waals surface area contributed by atoms with Crippen molar-refractivity contribution in [2.75, 3.05) is 13.7 Å². The molecule has 1 fully saturated rings. The molecule has 1 rings (SSSR count). The molecule has 1 aliphatic rings. The van der Waals surface area contributed by atoms with E-state index in [9.17, 15) is 0 Å². The summed E-state index contributed by atoms with van der Waals surface area (Å²) in [5, 5.41) is 3.21. The minimum absolute atomic E-state index is 0.578. The average Bonchev–Trinajstić information content (AvgIpc) is 2.57. The summed E-state index contributed by atoms with van der Waals surface area (Å²) in [4.78, 5) is 0. The predicted molar refractivity (Wildman–Crippen MR) is 51.3 cm³/mol. The first-order chi connectivity index (χ1) is 5.83. The third-order valence-corrected chi connectivity index (χ3v) is 2.70. The largest absolute Gasteiger partial charge is 0.378 e. The van der Waals surface area contributed by atoms with Gasteiger partial charge in [-0.05, 0) is 33.2 Å². The van der Waals surface area contributed by atoms with Crippen molar-refractivity contribution < 1.29 is 4.74 Å². The van der Waals surface area contributed by atoms with Crippen LogP contribution in [0.25, 0.3) is 0 Å². The van der Waals surface area contributed by atoms with Gasteiger partial charge in [-0.2, -0.15) is 0 Å². The van der Waals surface area contributed by atoms with Crippen LogP contribution in [-0.4, -0.2) is 25.8 Å². The molecule has 1 N–H and O–H groups in total. The van der Waals surface area contributed by atoms with Crippen molar-refractivity contribution in [2.45, 2.75) is 51.2 Å². The third kappa shape index (κ3) is 3.55. The van der Waals surface area contributed by atoms with Crippen LogP contribution in [0.2, 0.25) is 0 Å². The monoisotopic (exact) mass is 171 g/mol. The van der Waals surface area contributed by atoms with E-state index in [1.54, 1.807) is 0 Å². The van der Waals surface area contributed by atoms with Gasteiger partial charge in [0.1, 0.15) is 0 Å². The van der Waals surface area contributed by atoms with Crippen LogP contribution in [0.4, 0.5) is 0 Å². The van der Waals surface area contributed by atoms with Gasteiger partial charge in [0.15, 0.2) is 0 Å². The van der Waals surface area contributed by atoms with E-state index in [1.807, 2.05) is 7.05 Å². The van der Waals surface area contributed by atoms with E-state index in [4.69, 9.17) is 4.74 Å². The maximum atomic E-state index is 5.74. The molecule has 0 amide bonds. The maximum absolute atomic E-state index is 5.74. The van der Waals surface area contributed by atoms with E-state index in [0.717, 1.165) is 13.0 Å². The lowest BCUT2D eigenvalue weighted by Crippen LogP contribution is -2.23. The first-order valence-corrected chi connectivity index (χ1v) is 5.12. The Hall–Kier alpha value is -0.0800. The molecule has 12 heavy (non-hydrogen) atoms. The van der Waals surface area contributed by atoms with E-state index in [-0.39, 0.29) is 0 Å². The molecule has 0 spiro atoms. The molecular weight excluding hydrogens is 150 g/mol. The molecule has 2 nitrogen and oxygen atoms in total. The van der Waals surface area contributed by atoms with Crippen LogP contribution in [0.1, 0.15) is 39.0 Å². The normalized spacial score (nSPS) is 21.5. The van der Waals surface area contributed by atoms with Crippen LogP contribution in [0.3, 0.4) is 0 Å². The zero-order valence-electron chi connectivity index (χ0n) is 8.31. The Morgan fingerprint density at radius 1 is 1.42 bits per heavy atom. The summed E-state index contributed by atoms with van der Waals surface area (Å²) in [7, 11) is 2.00. The van der Waals surface area contributed by atoms with Crippen molar-refractivity contribution in [1.82, 2.24) is 5.32 Å². The van der Waals surface area contributed by atoms with Gasteiger partial charge in [0, 0.05) is 12.6 Å². The van der Waals surface area contributed by atoms with Crippen LogP contribution >= 0.6 is 0 Å². The van der Waals surface area contributed by atoms with Crippen LogP contribution in [0, 0.1) is 0 Å². The Balaban J connectivity index is 1.94. The highest BCUT2D eigenvalue weighted by molar-refractivity contribution is 4.67. The fourth-order valence-electron chi connectivity index (χ4n) is 1.61. The third-order valence-electron chi connectivity index (χ3n) is 2.70. The Labute approximate surface area is 75.7 Å². The lowest BCUT2D eigenvalue weighted by atomic mass is 10.2. The van der Waals surface area contributed by atoms with Crippen molar-refractivity contribution in [3.8, 4) is 0 Å². The van der Waals surface area contributed by atoms with Gasteiger partial charge in [-0.25, -0.2) is 0 Å². The number of rotatable bonds is 5. The number of nitrogens with one attached hydrogen (secondary N) is 1. The second kappa shape index (κ2) is 5.55. The molecule has 0 aromatic rings. The van der Waals surface area contributed by atoms with Gasteiger partial charge in [0.2, 0.25) is 0 Å². The van der Waals surface area contributed by atoms with Gasteiger partial charge in [0.05, 0.1) is 6.10 Å². The summed E-state index contributed by atoms with van der Waals surface area (Å²) in [6.07, 6.45) is 7.02. The van der Waals surface area contributed by atoms with Crippen molar-refractivity contribution in [3.63, 3.8) is 0 Å².